The number of carbonyl (C=O) groups is 4. The fourth-order valence-electron chi connectivity index (χ4n) is 16.8. The first-order chi connectivity index (χ1) is 72.4. The summed E-state index contributed by atoms with van der Waals surface area (Å²) in [5.74, 6) is 5.80. The van der Waals surface area contributed by atoms with Gasteiger partial charge >= 0.3 is 0 Å². The van der Waals surface area contributed by atoms with Gasteiger partial charge in [-0.1, -0.05) is 134 Å². The molecule has 0 unspecified atom stereocenters. The molecule has 8 N–H and O–H groups in total. The normalized spacial score (nSPS) is 14.8. The van der Waals surface area contributed by atoms with Crippen LogP contribution < -0.4 is 85.2 Å². The van der Waals surface area contributed by atoms with Crippen molar-refractivity contribution in [1.29, 1.82) is 0 Å². The molecule has 0 radical (unpaired) electrons. The first kappa shape index (κ1) is 111. The van der Waals surface area contributed by atoms with Crippen LogP contribution in [0.25, 0.3) is 88.4 Å². The Morgan fingerprint density at radius 3 is 1.15 bits per heavy atom. The molecule has 0 spiro atoms. The summed E-state index contributed by atoms with van der Waals surface area (Å²) in [7, 11) is 16.3. The molecule has 35 nitrogen and oxygen atoms in total. The van der Waals surface area contributed by atoms with Crippen LogP contribution >= 0.6 is 81.2 Å². The number of amides is 4. The van der Waals surface area contributed by atoms with E-state index in [1.807, 2.05) is 67.5 Å². The lowest BCUT2D eigenvalue weighted by molar-refractivity contribution is -0.118. The highest BCUT2D eigenvalue weighted by atomic mass is 35.5. The zero-order valence-electron chi connectivity index (χ0n) is 84.4. The fraction of sp³-hybridized carbons (Fsp3) is 0.278. The number of hydrogen-bond acceptors (Lipinski definition) is 31. The second-order valence-corrected chi connectivity index (χ2v) is 37.4. The maximum absolute atomic E-state index is 12.3. The number of likely N-dealkylation sites (N-methyl/N-ethyl adjacent to an activating group) is 1. The van der Waals surface area contributed by atoms with Gasteiger partial charge in [0.25, 0.3) is 0 Å². The molecule has 3 saturated heterocycles. The third-order valence-electron chi connectivity index (χ3n) is 24.7. The number of piperidine rings is 1. The monoisotopic (exact) mass is 2170 g/mol. The van der Waals surface area contributed by atoms with E-state index in [0.29, 0.717) is 217 Å². The Morgan fingerprint density at radius 2 is 0.760 bits per heavy atom. The number of nitrogens with zero attached hydrogens (tertiary/aromatic N) is 12. The van der Waals surface area contributed by atoms with Crippen molar-refractivity contribution < 1.29 is 71.3 Å². The van der Waals surface area contributed by atoms with Crippen molar-refractivity contribution in [1.82, 2.24) is 70.3 Å². The molecule has 782 valence electrons. The number of aromatic nitrogens is 10. The molecule has 8 aromatic heterocycles. The summed E-state index contributed by atoms with van der Waals surface area (Å²) in [6.45, 7) is 26.6. The van der Waals surface area contributed by atoms with Gasteiger partial charge in [-0.25, -0.2) is 29.9 Å². The third-order valence-corrected chi connectivity index (χ3v) is 27.3. The van der Waals surface area contributed by atoms with E-state index in [2.05, 4.69) is 156 Å². The van der Waals surface area contributed by atoms with Gasteiger partial charge in [-0.3, -0.25) is 39.1 Å². The molecule has 3 aliphatic heterocycles. The first-order valence-corrected chi connectivity index (χ1v) is 49.8. The van der Waals surface area contributed by atoms with Gasteiger partial charge in [0, 0.05) is 134 Å². The maximum atomic E-state index is 12.3. The summed E-state index contributed by atoms with van der Waals surface area (Å²) in [5, 5.41) is 31.9. The average molecular weight is 2180 g/mol. The number of fused-ring (bicyclic) bond motifs is 4. The van der Waals surface area contributed by atoms with E-state index in [0.717, 1.165) is 88.2 Å². The van der Waals surface area contributed by atoms with E-state index in [1.54, 1.807) is 100 Å². The van der Waals surface area contributed by atoms with Crippen molar-refractivity contribution >= 4 is 194 Å². The van der Waals surface area contributed by atoms with Gasteiger partial charge in [0.2, 0.25) is 35.5 Å². The van der Waals surface area contributed by atoms with Gasteiger partial charge in [0.15, 0.2) is 0 Å². The number of pyridine rings is 6. The van der Waals surface area contributed by atoms with Crippen LogP contribution in [0.2, 0.25) is 35.2 Å². The SMILES string of the molecule is C=CC(=O)N[C@H]1COC[C@H]1Nc1ncc2cc(-c3c(Cl)c(OC)cc(OC)c3C(C)C)ncc2n1.C=CC(=O)N[C@H]1COC[C@H]1Nc1ncc2cc(-c3c(Cl)c(OC)cc(OC)c3Cl)ncc2n1.C=CC(=O)Nc1cc(C2CCN(CC)CC2)ccc1Nc1cc2cnc(-c3c(Cl)c(OC)cc(OC)c3Cl)cc2cn1.C=CC(=O)Nc1cc(OCCN(C)C)ccc1Nc1cc2cnc(-c3c(Cl)c(OC)cc(OC)c3Cl)cc2cn1. The molecule has 6 aromatic carbocycles. The zero-order valence-corrected chi connectivity index (χ0v) is 89.7. The van der Waals surface area contributed by atoms with Crippen molar-refractivity contribution in [2.45, 2.75) is 69.6 Å². The number of halogens is 7. The van der Waals surface area contributed by atoms with Crippen LogP contribution in [-0.2, 0) is 28.7 Å². The quantitative estimate of drug-likeness (QED) is 0.0171. The van der Waals surface area contributed by atoms with E-state index < -0.39 is 0 Å². The van der Waals surface area contributed by atoms with E-state index in [1.165, 1.54) is 72.5 Å². The number of anilines is 8. The maximum Gasteiger partial charge on any atom is 0.247 e. The van der Waals surface area contributed by atoms with Gasteiger partial charge in [-0.15, -0.1) is 0 Å². The first-order valence-electron chi connectivity index (χ1n) is 47.2. The van der Waals surface area contributed by atoms with Crippen LogP contribution in [0, 0.1) is 0 Å². The van der Waals surface area contributed by atoms with Crippen molar-refractivity contribution in [3.63, 3.8) is 0 Å². The Hall–Kier alpha value is -14.5. The average Bonchev–Trinajstić information content (AvgIpc) is 0.812. The predicted octanol–water partition coefficient (Wildman–Crippen LogP) is 21.6. The number of hydrogen-bond donors (Lipinski definition) is 8. The van der Waals surface area contributed by atoms with Crippen molar-refractivity contribution in [3.8, 4) is 96.8 Å². The van der Waals surface area contributed by atoms with Crippen LogP contribution in [0.1, 0.15) is 56.6 Å². The summed E-state index contributed by atoms with van der Waals surface area (Å²) < 4.78 is 60.2. The predicted molar refractivity (Wildman–Crippen MR) is 593 cm³/mol. The summed E-state index contributed by atoms with van der Waals surface area (Å²) in [4.78, 5) is 97.7. The van der Waals surface area contributed by atoms with Crippen LogP contribution in [0.5, 0.6) is 51.7 Å². The Labute approximate surface area is 901 Å². The minimum absolute atomic E-state index is 0.131. The molecule has 3 aliphatic rings. The van der Waals surface area contributed by atoms with E-state index in [9.17, 15) is 19.2 Å². The summed E-state index contributed by atoms with van der Waals surface area (Å²) in [6.07, 6.45) is 20.7. The second-order valence-electron chi connectivity index (χ2n) is 34.7. The molecule has 42 heteroatoms. The highest BCUT2D eigenvalue weighted by molar-refractivity contribution is 6.43. The molecule has 11 heterocycles. The smallest absolute Gasteiger partial charge is 0.247 e. The standard InChI is InChI=1S/C32H33Cl2N5O3.C29H29Cl2N5O4.C25H28ClN5O4.C22H21Cl2N5O4/c1-5-29(40)38-24-13-20(19-9-11-39(6-2)12-10-19)7-8-23(24)37-28-15-22-17-35-25(14-21(22)18-36-28)30-31(33)26(41-3)16-27(42-4)32(30)34;1-6-26(37)35-21-13-19(40-10-9-36(2)3)7-8-20(21)34-25-12-18-15-32-22(11-17(18)16-33-25)27-28(30)23(38-4)14-24(39-5)29(27)31;1-6-21(32)29-17-11-35-12-18(17)31-25-28-9-14-7-15(27-10-16(14)30-25)23-22(13(2)3)19(33-4)8-20(34-5)24(23)26;1-4-18(30)27-14-9-33-10-15(14)29-22-26-7-11-5-12(25-8-13(11)28-22)19-20(23)16(31-2)6-17(32-3)21(19)24/h5,7-8,13-19H,1,6,9-12H2,2-4H3,(H,36,37)(H,38,40);6-8,11-16H,1,9-10H2,2-5H3,(H,33,34)(H,35,37);6-10,13,17-18H,1,11-12H2,2-5H3,(H,29,32)(H,28,30,31);4-8,14-15H,1,9-10H2,2-3H3,(H,27,30)(H,26,28,29)/t;;17-,18+;14-,15+/m..00/s1. The molecular weight excluding hydrogens is 2070 g/mol. The molecule has 0 aliphatic carbocycles. The Balaban J connectivity index is 0.000000158. The second kappa shape index (κ2) is 51.6. The molecule has 4 amide bonds. The van der Waals surface area contributed by atoms with E-state index in [4.69, 9.17) is 133 Å². The summed E-state index contributed by atoms with van der Waals surface area (Å²) in [6, 6.07) is 28.6. The minimum Gasteiger partial charge on any atom is -0.496 e. The van der Waals surface area contributed by atoms with Crippen molar-refractivity contribution in [2.24, 2.45) is 0 Å². The lowest BCUT2D eigenvalue weighted by Gasteiger charge is -2.31. The van der Waals surface area contributed by atoms with Gasteiger partial charge in [-0.2, -0.15) is 0 Å². The van der Waals surface area contributed by atoms with Crippen molar-refractivity contribution in [2.75, 3.05) is 162 Å². The Bertz CT molecular complexity index is 7310. The number of benzene rings is 6. The van der Waals surface area contributed by atoms with E-state index >= 15 is 0 Å². The van der Waals surface area contributed by atoms with Gasteiger partial charge in [0.05, 0.1) is 212 Å². The molecule has 0 bridgehead atoms. The number of likely N-dealkylation sites (tertiary alicyclic amines) is 1. The minimum atomic E-state index is -0.344. The number of carbonyl (C=O) groups excluding carboxylic acids is 4. The van der Waals surface area contributed by atoms with Crippen LogP contribution in [-0.4, -0.2) is 238 Å². The number of ether oxygens (including phenoxy) is 11. The van der Waals surface area contributed by atoms with E-state index in [-0.39, 0.29) is 53.7 Å². The fourth-order valence-corrected chi connectivity index (χ4v) is 19.2. The number of rotatable bonds is 35. The van der Waals surface area contributed by atoms with Crippen LogP contribution in [0.15, 0.2) is 197 Å². The molecule has 14 aromatic rings. The van der Waals surface area contributed by atoms with Gasteiger partial charge < -0.3 is 104 Å². The molecular formula is C108H111Cl7N20O15. The van der Waals surface area contributed by atoms with Crippen molar-refractivity contribution in [3.05, 3.63) is 244 Å². The Morgan fingerprint density at radius 1 is 0.413 bits per heavy atom. The molecule has 4 atom stereocenters. The molecule has 150 heavy (non-hydrogen) atoms. The molecule has 3 fully saturated rings. The molecule has 0 saturated carbocycles. The zero-order chi connectivity index (χ0) is 107. The van der Waals surface area contributed by atoms with Crippen LogP contribution in [0.3, 0.4) is 0 Å². The topological polar surface area (TPSA) is 401 Å². The highest BCUT2D eigenvalue weighted by Crippen LogP contribution is 2.51. The van der Waals surface area contributed by atoms with Gasteiger partial charge in [-0.05, 0) is 149 Å². The molecule has 17 rings (SSSR count). The van der Waals surface area contributed by atoms with Crippen LogP contribution in [0.4, 0.5) is 46.3 Å². The Kier molecular flexibility index (Phi) is 38.3. The largest absolute Gasteiger partial charge is 0.496 e. The number of nitrogens with one attached hydrogen (secondary N) is 8. The summed E-state index contributed by atoms with van der Waals surface area (Å²) >= 11 is 46.2. The lowest BCUT2D eigenvalue weighted by Crippen LogP contribution is -2.45. The third kappa shape index (κ3) is 26.5. The highest BCUT2D eigenvalue weighted by Gasteiger charge is 2.34. The number of methoxy groups -OCH3 is 8. The lowest BCUT2D eigenvalue weighted by atomic mass is 9.89. The summed E-state index contributed by atoms with van der Waals surface area (Å²) in [5.41, 5.74) is 10.6. The van der Waals surface area contributed by atoms with Gasteiger partial charge in [0.1, 0.15) is 70.0 Å².